The first-order valence-corrected chi connectivity index (χ1v) is 10.7. The van der Waals surface area contributed by atoms with Gasteiger partial charge in [0.2, 0.25) is 0 Å². The van der Waals surface area contributed by atoms with Crippen molar-refractivity contribution in [1.29, 1.82) is 0 Å². The maximum Gasteiger partial charge on any atom is 0.161 e. The molecule has 0 spiro atoms. The minimum Gasteiger partial charge on any atom is -0.490 e. The Labute approximate surface area is 174 Å². The SMILES string of the molecule is CCOc1ccc(C[C@@H]2NCCc3cc(OCC)c(OCC)cc32)cc1OCC. The number of benzene rings is 2. The molecular formula is C24H33NO4. The highest BCUT2D eigenvalue weighted by atomic mass is 16.5. The summed E-state index contributed by atoms with van der Waals surface area (Å²) in [4.78, 5) is 0. The normalized spacial score (nSPS) is 15.5. The minimum atomic E-state index is 0.223. The Hall–Kier alpha value is -2.40. The van der Waals surface area contributed by atoms with Gasteiger partial charge in [0, 0.05) is 6.04 Å². The predicted molar refractivity (Wildman–Crippen MR) is 116 cm³/mol. The van der Waals surface area contributed by atoms with Crippen LogP contribution in [0.3, 0.4) is 0 Å². The molecule has 2 aromatic rings. The summed E-state index contributed by atoms with van der Waals surface area (Å²) in [5.74, 6) is 3.27. The van der Waals surface area contributed by atoms with Crippen molar-refractivity contribution in [3.8, 4) is 23.0 Å². The van der Waals surface area contributed by atoms with Crippen LogP contribution in [0.4, 0.5) is 0 Å². The van der Waals surface area contributed by atoms with Gasteiger partial charge in [-0.25, -0.2) is 0 Å². The maximum atomic E-state index is 5.86. The molecule has 0 bridgehead atoms. The van der Waals surface area contributed by atoms with E-state index in [9.17, 15) is 0 Å². The zero-order valence-electron chi connectivity index (χ0n) is 18.0. The minimum absolute atomic E-state index is 0.223. The Balaban J connectivity index is 1.88. The first-order chi connectivity index (χ1) is 14.2. The second kappa shape index (κ2) is 10.4. The quantitative estimate of drug-likeness (QED) is 0.627. The van der Waals surface area contributed by atoms with Gasteiger partial charge in [-0.2, -0.15) is 0 Å². The van der Waals surface area contributed by atoms with Crippen LogP contribution in [0, 0.1) is 0 Å². The van der Waals surface area contributed by atoms with Crippen molar-refractivity contribution < 1.29 is 18.9 Å². The van der Waals surface area contributed by atoms with Crippen molar-refractivity contribution in [2.45, 2.75) is 46.6 Å². The summed E-state index contributed by atoms with van der Waals surface area (Å²) >= 11 is 0. The lowest BCUT2D eigenvalue weighted by atomic mass is 9.89. The van der Waals surface area contributed by atoms with E-state index in [4.69, 9.17) is 18.9 Å². The van der Waals surface area contributed by atoms with Crippen LogP contribution in [0.5, 0.6) is 23.0 Å². The second-order valence-electron chi connectivity index (χ2n) is 6.97. The van der Waals surface area contributed by atoms with E-state index in [1.165, 1.54) is 16.7 Å². The Morgan fingerprint density at radius 2 is 1.34 bits per heavy atom. The Kier molecular flexibility index (Phi) is 7.64. The molecular weight excluding hydrogens is 366 g/mol. The van der Waals surface area contributed by atoms with Crippen LogP contribution < -0.4 is 24.3 Å². The largest absolute Gasteiger partial charge is 0.490 e. The highest BCUT2D eigenvalue weighted by molar-refractivity contribution is 5.50. The van der Waals surface area contributed by atoms with E-state index in [-0.39, 0.29) is 6.04 Å². The van der Waals surface area contributed by atoms with Gasteiger partial charge in [-0.3, -0.25) is 0 Å². The Morgan fingerprint density at radius 1 is 0.759 bits per heavy atom. The van der Waals surface area contributed by atoms with Crippen molar-refractivity contribution >= 4 is 0 Å². The molecule has 1 aliphatic rings. The first-order valence-electron chi connectivity index (χ1n) is 10.7. The average molecular weight is 400 g/mol. The second-order valence-corrected chi connectivity index (χ2v) is 6.97. The number of rotatable bonds is 10. The fourth-order valence-corrected chi connectivity index (χ4v) is 3.83. The van der Waals surface area contributed by atoms with E-state index < -0.39 is 0 Å². The van der Waals surface area contributed by atoms with Gasteiger partial charge < -0.3 is 24.3 Å². The number of hydrogen-bond donors (Lipinski definition) is 1. The van der Waals surface area contributed by atoms with Gasteiger partial charge in [0.15, 0.2) is 23.0 Å². The third-order valence-electron chi connectivity index (χ3n) is 5.01. The van der Waals surface area contributed by atoms with Gasteiger partial charge in [0.05, 0.1) is 26.4 Å². The summed E-state index contributed by atoms with van der Waals surface area (Å²) in [5, 5.41) is 3.67. The molecule has 0 amide bonds. The van der Waals surface area contributed by atoms with E-state index in [2.05, 4.69) is 29.6 Å². The molecule has 2 aromatic carbocycles. The van der Waals surface area contributed by atoms with Crippen LogP contribution in [0.2, 0.25) is 0 Å². The third-order valence-corrected chi connectivity index (χ3v) is 5.01. The van der Waals surface area contributed by atoms with Crippen LogP contribution >= 0.6 is 0 Å². The fraction of sp³-hybridized carbons (Fsp3) is 0.500. The van der Waals surface area contributed by atoms with E-state index in [0.717, 1.165) is 42.4 Å². The van der Waals surface area contributed by atoms with Crippen LogP contribution in [0.25, 0.3) is 0 Å². The molecule has 1 atom stereocenters. The monoisotopic (exact) mass is 399 g/mol. The standard InChI is InChI=1S/C24H33NO4/c1-5-26-21-10-9-17(14-22(21)27-6-2)13-20-19-16-24(29-8-4)23(28-7-3)15-18(19)11-12-25-20/h9-10,14-16,20,25H,5-8,11-13H2,1-4H3/t20-/m0/s1. The lowest BCUT2D eigenvalue weighted by Crippen LogP contribution is -2.31. The summed E-state index contributed by atoms with van der Waals surface area (Å²) in [5.41, 5.74) is 3.83. The molecule has 5 nitrogen and oxygen atoms in total. The van der Waals surface area contributed by atoms with Gasteiger partial charge >= 0.3 is 0 Å². The predicted octanol–water partition coefficient (Wildman–Crippen LogP) is 4.71. The molecule has 158 valence electrons. The van der Waals surface area contributed by atoms with Gasteiger partial charge in [-0.1, -0.05) is 6.07 Å². The third kappa shape index (κ3) is 5.15. The highest BCUT2D eigenvalue weighted by Crippen LogP contribution is 2.37. The molecule has 0 saturated heterocycles. The van der Waals surface area contributed by atoms with E-state index in [1.54, 1.807) is 0 Å². The van der Waals surface area contributed by atoms with E-state index in [0.29, 0.717) is 26.4 Å². The Bertz CT molecular complexity index is 806. The van der Waals surface area contributed by atoms with Crippen LogP contribution in [-0.4, -0.2) is 33.0 Å². The molecule has 0 radical (unpaired) electrons. The van der Waals surface area contributed by atoms with Gasteiger partial charge in [-0.05, 0) is 88.0 Å². The zero-order chi connectivity index (χ0) is 20.6. The van der Waals surface area contributed by atoms with Gasteiger partial charge in [0.1, 0.15) is 0 Å². The summed E-state index contributed by atoms with van der Waals surface area (Å²) in [6.07, 6.45) is 1.87. The molecule has 0 fully saturated rings. The molecule has 0 saturated carbocycles. The van der Waals surface area contributed by atoms with Gasteiger partial charge in [0.25, 0.3) is 0 Å². The molecule has 0 unspecified atom stereocenters. The molecule has 0 aromatic heterocycles. The number of ether oxygens (including phenoxy) is 4. The van der Waals surface area contributed by atoms with E-state index in [1.807, 2.05) is 33.8 Å². The maximum absolute atomic E-state index is 5.86. The van der Waals surface area contributed by atoms with Crippen molar-refractivity contribution in [3.05, 3.63) is 47.0 Å². The molecule has 1 aliphatic heterocycles. The fourth-order valence-electron chi connectivity index (χ4n) is 3.83. The Morgan fingerprint density at radius 3 is 2.00 bits per heavy atom. The first kappa shape index (κ1) is 21.3. The highest BCUT2D eigenvalue weighted by Gasteiger charge is 2.23. The lowest BCUT2D eigenvalue weighted by molar-refractivity contribution is 0.286. The molecule has 5 heteroatoms. The summed E-state index contributed by atoms with van der Waals surface area (Å²) in [7, 11) is 0. The van der Waals surface area contributed by atoms with Crippen LogP contribution in [0.15, 0.2) is 30.3 Å². The van der Waals surface area contributed by atoms with Crippen molar-refractivity contribution in [1.82, 2.24) is 5.32 Å². The van der Waals surface area contributed by atoms with Crippen LogP contribution in [-0.2, 0) is 12.8 Å². The summed E-state index contributed by atoms with van der Waals surface area (Å²) in [6.45, 7) is 11.4. The van der Waals surface area contributed by atoms with Crippen molar-refractivity contribution in [2.75, 3.05) is 33.0 Å². The lowest BCUT2D eigenvalue weighted by Gasteiger charge is -2.29. The molecule has 1 N–H and O–H groups in total. The van der Waals surface area contributed by atoms with Crippen molar-refractivity contribution in [3.63, 3.8) is 0 Å². The topological polar surface area (TPSA) is 49.0 Å². The zero-order valence-corrected chi connectivity index (χ0v) is 18.0. The summed E-state index contributed by atoms with van der Waals surface area (Å²) in [6, 6.07) is 10.8. The number of fused-ring (bicyclic) bond motifs is 1. The smallest absolute Gasteiger partial charge is 0.161 e. The van der Waals surface area contributed by atoms with Crippen molar-refractivity contribution in [2.24, 2.45) is 0 Å². The number of nitrogens with one attached hydrogen (secondary N) is 1. The van der Waals surface area contributed by atoms with Gasteiger partial charge in [-0.15, -0.1) is 0 Å². The summed E-state index contributed by atoms with van der Waals surface area (Å²) < 4.78 is 23.2. The van der Waals surface area contributed by atoms with E-state index >= 15 is 0 Å². The molecule has 1 heterocycles. The molecule has 3 rings (SSSR count). The molecule has 0 aliphatic carbocycles. The van der Waals surface area contributed by atoms with Crippen LogP contribution in [0.1, 0.15) is 50.4 Å². The average Bonchev–Trinajstić information content (AvgIpc) is 2.71. The molecule has 29 heavy (non-hydrogen) atoms. The number of hydrogen-bond acceptors (Lipinski definition) is 5.